The van der Waals surface area contributed by atoms with Crippen molar-refractivity contribution < 1.29 is 19.7 Å². The van der Waals surface area contributed by atoms with Gasteiger partial charge in [0.05, 0.1) is 0 Å². The molecule has 0 saturated heterocycles. The van der Waals surface area contributed by atoms with Crippen LogP contribution >= 0.6 is 0 Å². The molecule has 4 heteroatoms. The molecule has 134 valence electrons. The highest BCUT2D eigenvalue weighted by atomic mass is 16.5. The largest absolute Gasteiger partial charge is 0.507 e. The molecule has 26 heavy (non-hydrogen) atoms. The predicted molar refractivity (Wildman–Crippen MR) is 100 cm³/mol. The van der Waals surface area contributed by atoms with E-state index in [2.05, 4.69) is 25.1 Å². The first kappa shape index (κ1) is 16.7. The van der Waals surface area contributed by atoms with Crippen LogP contribution < -0.4 is 4.74 Å². The van der Waals surface area contributed by atoms with E-state index in [1.807, 2.05) is 13.8 Å². The van der Waals surface area contributed by atoms with E-state index in [0.717, 1.165) is 28.9 Å². The lowest BCUT2D eigenvalue weighted by atomic mass is 9.79. The maximum absolute atomic E-state index is 11.3. The lowest BCUT2D eigenvalue weighted by Crippen LogP contribution is -2.28. The minimum atomic E-state index is -1.10. The summed E-state index contributed by atoms with van der Waals surface area (Å²) in [5.41, 5.74) is 6.41. The van der Waals surface area contributed by atoms with Gasteiger partial charge in [-0.1, -0.05) is 13.0 Å². The zero-order valence-electron chi connectivity index (χ0n) is 15.2. The highest BCUT2D eigenvalue weighted by Gasteiger charge is 2.29. The van der Waals surface area contributed by atoms with Gasteiger partial charge in [-0.05, 0) is 85.2 Å². The fraction of sp³-hybridized carbons (Fsp3) is 0.318. The van der Waals surface area contributed by atoms with E-state index < -0.39 is 5.97 Å². The SMILES string of the molecule is CCc1cc2c(c3c1Cc1cc(C(=O)O)c(O)cc1C3)C=CC(C)(C)O2. The Morgan fingerprint density at radius 3 is 2.54 bits per heavy atom. The molecule has 1 heterocycles. The third-order valence-corrected chi connectivity index (χ3v) is 5.34. The molecule has 0 spiro atoms. The number of fused-ring (bicyclic) bond motifs is 4. The molecule has 1 aliphatic heterocycles. The summed E-state index contributed by atoms with van der Waals surface area (Å²) in [6.45, 7) is 6.21. The van der Waals surface area contributed by atoms with Crippen molar-refractivity contribution in [2.24, 2.45) is 0 Å². The van der Waals surface area contributed by atoms with Gasteiger partial charge in [0.15, 0.2) is 0 Å². The number of aryl methyl sites for hydroxylation is 1. The van der Waals surface area contributed by atoms with Crippen molar-refractivity contribution >= 4 is 12.0 Å². The first-order valence-corrected chi connectivity index (χ1v) is 8.93. The first-order valence-electron chi connectivity index (χ1n) is 8.93. The molecule has 0 atom stereocenters. The predicted octanol–water partition coefficient (Wildman–Crippen LogP) is 4.33. The number of aromatic hydroxyl groups is 1. The number of phenols is 1. The minimum absolute atomic E-state index is 0.0341. The summed E-state index contributed by atoms with van der Waals surface area (Å²) in [5, 5.41) is 19.4. The molecule has 2 aromatic rings. The maximum Gasteiger partial charge on any atom is 0.339 e. The average molecular weight is 350 g/mol. The number of carboxylic acids is 1. The van der Waals surface area contributed by atoms with Crippen LogP contribution in [-0.4, -0.2) is 21.8 Å². The monoisotopic (exact) mass is 350 g/mol. The van der Waals surface area contributed by atoms with Gasteiger partial charge in [0.1, 0.15) is 22.7 Å². The Bertz CT molecular complexity index is 967. The van der Waals surface area contributed by atoms with Crippen LogP contribution in [0.4, 0.5) is 0 Å². The number of hydrogen-bond donors (Lipinski definition) is 2. The molecule has 0 saturated carbocycles. The van der Waals surface area contributed by atoms with Crippen molar-refractivity contribution in [2.45, 2.75) is 45.6 Å². The van der Waals surface area contributed by atoms with E-state index in [0.29, 0.717) is 12.8 Å². The van der Waals surface area contributed by atoms with Crippen LogP contribution in [0.1, 0.15) is 64.5 Å². The zero-order valence-corrected chi connectivity index (χ0v) is 15.2. The van der Waals surface area contributed by atoms with Crippen LogP contribution in [0.15, 0.2) is 24.3 Å². The van der Waals surface area contributed by atoms with Gasteiger partial charge >= 0.3 is 5.97 Å². The number of hydrogen-bond acceptors (Lipinski definition) is 3. The Hall–Kier alpha value is -2.75. The molecular formula is C22H22O4. The van der Waals surface area contributed by atoms with Crippen LogP contribution in [0.2, 0.25) is 0 Å². The second kappa shape index (κ2) is 5.63. The van der Waals surface area contributed by atoms with Crippen LogP contribution in [0.5, 0.6) is 11.5 Å². The molecule has 0 fully saturated rings. The summed E-state index contributed by atoms with van der Waals surface area (Å²) in [6, 6.07) is 5.34. The second-order valence-electron chi connectivity index (χ2n) is 7.59. The van der Waals surface area contributed by atoms with Crippen LogP contribution in [0, 0.1) is 0 Å². The van der Waals surface area contributed by atoms with E-state index in [4.69, 9.17) is 4.74 Å². The number of benzene rings is 2. The van der Waals surface area contributed by atoms with Crippen molar-refractivity contribution in [2.75, 3.05) is 0 Å². The number of ether oxygens (including phenoxy) is 1. The molecule has 0 amide bonds. The van der Waals surface area contributed by atoms with E-state index in [1.54, 1.807) is 12.1 Å². The Kier molecular flexibility index (Phi) is 3.62. The molecule has 2 aromatic carbocycles. The molecule has 4 rings (SSSR count). The lowest BCUT2D eigenvalue weighted by molar-refractivity contribution is 0.0693. The fourth-order valence-electron chi connectivity index (χ4n) is 3.99. The Labute approximate surface area is 152 Å². The summed E-state index contributed by atoms with van der Waals surface area (Å²) >= 11 is 0. The quantitative estimate of drug-likeness (QED) is 0.722. The van der Waals surface area contributed by atoms with Crippen molar-refractivity contribution in [3.8, 4) is 11.5 Å². The minimum Gasteiger partial charge on any atom is -0.507 e. The maximum atomic E-state index is 11.3. The van der Waals surface area contributed by atoms with Gasteiger partial charge in [-0.2, -0.15) is 0 Å². The molecule has 0 radical (unpaired) electrons. The number of carbonyl (C=O) groups is 1. The molecule has 0 bridgehead atoms. The molecule has 4 nitrogen and oxygen atoms in total. The number of aromatic carboxylic acids is 1. The van der Waals surface area contributed by atoms with Crippen molar-refractivity contribution in [3.63, 3.8) is 0 Å². The summed E-state index contributed by atoms with van der Waals surface area (Å²) in [5.74, 6) is -0.369. The van der Waals surface area contributed by atoms with Crippen molar-refractivity contribution in [1.29, 1.82) is 0 Å². The van der Waals surface area contributed by atoms with E-state index in [-0.39, 0.29) is 16.9 Å². The van der Waals surface area contributed by atoms with Gasteiger partial charge in [-0.25, -0.2) is 4.79 Å². The van der Waals surface area contributed by atoms with Gasteiger partial charge < -0.3 is 14.9 Å². The summed E-state index contributed by atoms with van der Waals surface area (Å²) in [6.07, 6.45) is 6.44. The molecule has 2 aliphatic rings. The molecule has 0 unspecified atom stereocenters. The number of rotatable bonds is 2. The normalized spacial score (nSPS) is 16.3. The zero-order chi connectivity index (χ0) is 18.6. The fourth-order valence-corrected chi connectivity index (χ4v) is 3.99. The Morgan fingerprint density at radius 1 is 1.15 bits per heavy atom. The third kappa shape index (κ3) is 2.57. The van der Waals surface area contributed by atoms with Crippen LogP contribution in [0.3, 0.4) is 0 Å². The highest BCUT2D eigenvalue weighted by Crippen LogP contribution is 2.42. The number of carboxylic acid groups (broad SMARTS) is 1. The van der Waals surface area contributed by atoms with Crippen molar-refractivity contribution in [1.82, 2.24) is 0 Å². The van der Waals surface area contributed by atoms with Gasteiger partial charge in [0.25, 0.3) is 0 Å². The molecule has 2 N–H and O–H groups in total. The van der Waals surface area contributed by atoms with Crippen LogP contribution in [-0.2, 0) is 19.3 Å². The van der Waals surface area contributed by atoms with E-state index >= 15 is 0 Å². The summed E-state index contributed by atoms with van der Waals surface area (Å²) in [4.78, 5) is 11.3. The van der Waals surface area contributed by atoms with E-state index in [1.165, 1.54) is 16.7 Å². The average Bonchev–Trinajstić information content (AvgIpc) is 2.57. The van der Waals surface area contributed by atoms with Crippen LogP contribution in [0.25, 0.3) is 6.08 Å². The van der Waals surface area contributed by atoms with Gasteiger partial charge in [0, 0.05) is 5.56 Å². The molecular weight excluding hydrogens is 328 g/mol. The van der Waals surface area contributed by atoms with Crippen molar-refractivity contribution in [3.05, 3.63) is 63.2 Å². The molecule has 0 aromatic heterocycles. The molecule has 1 aliphatic carbocycles. The highest BCUT2D eigenvalue weighted by molar-refractivity contribution is 5.91. The smallest absolute Gasteiger partial charge is 0.339 e. The topological polar surface area (TPSA) is 66.8 Å². The van der Waals surface area contributed by atoms with Gasteiger partial charge in [0.2, 0.25) is 0 Å². The van der Waals surface area contributed by atoms with Gasteiger partial charge in [-0.3, -0.25) is 0 Å². The third-order valence-electron chi connectivity index (χ3n) is 5.34. The summed E-state index contributed by atoms with van der Waals surface area (Å²) in [7, 11) is 0. The first-order chi connectivity index (χ1) is 12.3. The van der Waals surface area contributed by atoms with Gasteiger partial charge in [-0.15, -0.1) is 0 Å². The Balaban J connectivity index is 1.88. The Morgan fingerprint density at radius 2 is 1.85 bits per heavy atom. The lowest BCUT2D eigenvalue weighted by Gasteiger charge is -2.32. The standard InChI is InChI=1S/C22H22O4/c1-4-12-11-20-15(5-6-22(2,3)26-20)17-8-14-10-19(23)18(21(24)25)9-13(14)7-16(12)17/h5-6,9-11,23H,4,7-8H2,1-3H3,(H,24,25). The summed E-state index contributed by atoms with van der Waals surface area (Å²) < 4.78 is 6.18. The van der Waals surface area contributed by atoms with E-state index in [9.17, 15) is 15.0 Å². The second-order valence-corrected chi connectivity index (χ2v) is 7.59.